The number of rotatable bonds is 3. The van der Waals surface area contributed by atoms with Crippen LogP contribution in [0.2, 0.25) is 0 Å². The third-order valence-corrected chi connectivity index (χ3v) is 3.28. The van der Waals surface area contributed by atoms with Crippen molar-refractivity contribution >= 4 is 17.4 Å². The molecule has 17 heavy (non-hydrogen) atoms. The first kappa shape index (κ1) is 12.6. The molecule has 1 unspecified atom stereocenters. The molecule has 1 aromatic heterocycles. The number of hydrogen-bond donors (Lipinski definition) is 0. The molecule has 1 aliphatic rings. The van der Waals surface area contributed by atoms with E-state index in [1.807, 2.05) is 4.90 Å². The van der Waals surface area contributed by atoms with Crippen LogP contribution in [0.4, 0.5) is 10.2 Å². The van der Waals surface area contributed by atoms with Gasteiger partial charge in [-0.3, -0.25) is 0 Å². The summed E-state index contributed by atoms with van der Waals surface area (Å²) in [5, 5.41) is 0. The summed E-state index contributed by atoms with van der Waals surface area (Å²) in [6.45, 7) is 4.04. The van der Waals surface area contributed by atoms with Gasteiger partial charge in [-0.25, -0.2) is 9.37 Å². The van der Waals surface area contributed by atoms with Crippen LogP contribution in [-0.2, 0) is 10.6 Å². The van der Waals surface area contributed by atoms with Crippen molar-refractivity contribution in [1.29, 1.82) is 0 Å². The van der Waals surface area contributed by atoms with Crippen LogP contribution in [0, 0.1) is 5.82 Å². The zero-order valence-electron chi connectivity index (χ0n) is 9.83. The zero-order chi connectivity index (χ0) is 12.3. The minimum Gasteiger partial charge on any atom is -0.375 e. The standard InChI is InChI=1S/C12H16ClFN2O/c1-2-10-8-16(5-6-17-10)12-11(14)9(7-13)3-4-15-12/h3-4,10H,2,5-8H2,1H3. The molecule has 94 valence electrons. The minimum absolute atomic E-state index is 0.157. The fraction of sp³-hybridized carbons (Fsp3) is 0.583. The van der Waals surface area contributed by atoms with Gasteiger partial charge in [-0.15, -0.1) is 11.6 Å². The largest absolute Gasteiger partial charge is 0.375 e. The second kappa shape index (κ2) is 5.65. The number of pyridine rings is 1. The van der Waals surface area contributed by atoms with Crippen LogP contribution in [0.3, 0.4) is 0 Å². The van der Waals surface area contributed by atoms with Gasteiger partial charge < -0.3 is 9.64 Å². The average Bonchev–Trinajstić information content (AvgIpc) is 2.39. The zero-order valence-corrected chi connectivity index (χ0v) is 10.6. The molecular weight excluding hydrogens is 243 g/mol. The Hall–Kier alpha value is -0.870. The Morgan fingerprint density at radius 3 is 3.18 bits per heavy atom. The SMILES string of the molecule is CCC1CN(c2nccc(CCl)c2F)CCO1. The van der Waals surface area contributed by atoms with Crippen LogP contribution in [-0.4, -0.2) is 30.8 Å². The lowest BCUT2D eigenvalue weighted by Crippen LogP contribution is -2.43. The van der Waals surface area contributed by atoms with E-state index in [1.165, 1.54) is 0 Å². The lowest BCUT2D eigenvalue weighted by molar-refractivity contribution is 0.0379. The van der Waals surface area contributed by atoms with E-state index in [4.69, 9.17) is 16.3 Å². The molecule has 1 atom stereocenters. The summed E-state index contributed by atoms with van der Waals surface area (Å²) < 4.78 is 19.6. The maximum absolute atomic E-state index is 14.1. The van der Waals surface area contributed by atoms with Crippen molar-refractivity contribution in [2.24, 2.45) is 0 Å². The maximum Gasteiger partial charge on any atom is 0.170 e. The van der Waals surface area contributed by atoms with Crippen molar-refractivity contribution in [3.63, 3.8) is 0 Å². The van der Waals surface area contributed by atoms with Crippen LogP contribution in [0.15, 0.2) is 12.3 Å². The van der Waals surface area contributed by atoms with Gasteiger partial charge in [-0.05, 0) is 12.5 Å². The summed E-state index contributed by atoms with van der Waals surface area (Å²) in [7, 11) is 0. The van der Waals surface area contributed by atoms with E-state index >= 15 is 0 Å². The van der Waals surface area contributed by atoms with Crippen molar-refractivity contribution in [3.8, 4) is 0 Å². The Morgan fingerprint density at radius 1 is 1.65 bits per heavy atom. The van der Waals surface area contributed by atoms with Crippen LogP contribution in [0.1, 0.15) is 18.9 Å². The lowest BCUT2D eigenvalue weighted by atomic mass is 10.2. The Kier molecular flexibility index (Phi) is 4.18. The Balaban J connectivity index is 2.21. The highest BCUT2D eigenvalue weighted by molar-refractivity contribution is 6.17. The van der Waals surface area contributed by atoms with E-state index < -0.39 is 0 Å². The first-order chi connectivity index (χ1) is 8.26. The molecule has 0 amide bonds. The van der Waals surface area contributed by atoms with E-state index in [2.05, 4.69) is 11.9 Å². The second-order valence-corrected chi connectivity index (χ2v) is 4.36. The van der Waals surface area contributed by atoms with Crippen molar-refractivity contribution in [1.82, 2.24) is 4.98 Å². The summed E-state index contributed by atoms with van der Waals surface area (Å²) in [4.78, 5) is 6.05. The van der Waals surface area contributed by atoms with E-state index in [-0.39, 0.29) is 17.8 Å². The van der Waals surface area contributed by atoms with Crippen molar-refractivity contribution < 1.29 is 9.13 Å². The smallest absolute Gasteiger partial charge is 0.170 e. The second-order valence-electron chi connectivity index (χ2n) is 4.09. The summed E-state index contributed by atoms with van der Waals surface area (Å²) in [5.74, 6) is 0.257. The predicted molar refractivity (Wildman–Crippen MR) is 66.0 cm³/mol. The quantitative estimate of drug-likeness (QED) is 0.780. The Bertz CT molecular complexity index is 389. The number of aromatic nitrogens is 1. The predicted octanol–water partition coefficient (Wildman–Crippen LogP) is 2.57. The molecule has 1 aromatic rings. The lowest BCUT2D eigenvalue weighted by Gasteiger charge is -2.33. The number of halogens is 2. The molecule has 2 heterocycles. The number of hydrogen-bond acceptors (Lipinski definition) is 3. The number of anilines is 1. The summed E-state index contributed by atoms with van der Waals surface area (Å²) in [5.41, 5.74) is 0.496. The molecule has 0 aliphatic carbocycles. The van der Waals surface area contributed by atoms with Crippen LogP contribution < -0.4 is 4.90 Å². The van der Waals surface area contributed by atoms with Crippen LogP contribution >= 0.6 is 11.6 Å². The Morgan fingerprint density at radius 2 is 2.47 bits per heavy atom. The first-order valence-electron chi connectivity index (χ1n) is 5.82. The van der Waals surface area contributed by atoms with Gasteiger partial charge in [0.25, 0.3) is 0 Å². The summed E-state index contributed by atoms with van der Waals surface area (Å²) >= 11 is 5.69. The van der Waals surface area contributed by atoms with Crippen molar-refractivity contribution in [2.75, 3.05) is 24.6 Å². The summed E-state index contributed by atoms with van der Waals surface area (Å²) in [6, 6.07) is 1.61. The van der Waals surface area contributed by atoms with Crippen LogP contribution in [0.5, 0.6) is 0 Å². The van der Waals surface area contributed by atoms with E-state index in [0.717, 1.165) is 6.42 Å². The van der Waals surface area contributed by atoms with Gasteiger partial charge in [-0.2, -0.15) is 0 Å². The molecule has 3 nitrogen and oxygen atoms in total. The maximum atomic E-state index is 14.1. The van der Waals surface area contributed by atoms with Crippen molar-refractivity contribution in [3.05, 3.63) is 23.6 Å². The molecule has 2 rings (SSSR count). The number of nitrogens with zero attached hydrogens (tertiary/aromatic N) is 2. The highest BCUT2D eigenvalue weighted by Gasteiger charge is 2.23. The fourth-order valence-electron chi connectivity index (χ4n) is 1.95. The van der Waals surface area contributed by atoms with Gasteiger partial charge in [0.2, 0.25) is 0 Å². The third-order valence-electron chi connectivity index (χ3n) is 2.99. The molecular formula is C12H16ClFN2O. The third kappa shape index (κ3) is 2.69. The van der Waals surface area contributed by atoms with Gasteiger partial charge in [0.1, 0.15) is 0 Å². The van der Waals surface area contributed by atoms with Gasteiger partial charge in [0.05, 0.1) is 18.6 Å². The van der Waals surface area contributed by atoms with Gasteiger partial charge in [-0.1, -0.05) is 6.92 Å². The molecule has 0 bridgehead atoms. The normalized spacial score (nSPS) is 20.6. The molecule has 1 saturated heterocycles. The Labute approximate surface area is 106 Å². The van der Waals surface area contributed by atoms with Gasteiger partial charge >= 0.3 is 0 Å². The molecule has 1 fully saturated rings. The molecule has 1 aliphatic heterocycles. The van der Waals surface area contributed by atoms with E-state index in [9.17, 15) is 4.39 Å². The van der Waals surface area contributed by atoms with Gasteiger partial charge in [0.15, 0.2) is 11.6 Å². The molecule has 0 spiro atoms. The highest BCUT2D eigenvalue weighted by Crippen LogP contribution is 2.23. The highest BCUT2D eigenvalue weighted by atomic mass is 35.5. The number of morpholine rings is 1. The monoisotopic (exact) mass is 258 g/mol. The van der Waals surface area contributed by atoms with E-state index in [0.29, 0.717) is 31.1 Å². The fourth-order valence-corrected chi connectivity index (χ4v) is 2.16. The van der Waals surface area contributed by atoms with Crippen LogP contribution in [0.25, 0.3) is 0 Å². The number of alkyl halides is 1. The van der Waals surface area contributed by atoms with Gasteiger partial charge in [0, 0.05) is 24.8 Å². The molecule has 5 heteroatoms. The summed E-state index contributed by atoms with van der Waals surface area (Å²) in [6.07, 6.45) is 2.68. The number of ether oxygens (including phenoxy) is 1. The molecule has 0 aromatic carbocycles. The van der Waals surface area contributed by atoms with Crippen molar-refractivity contribution in [2.45, 2.75) is 25.3 Å². The minimum atomic E-state index is -0.306. The average molecular weight is 259 g/mol. The molecule has 0 radical (unpaired) electrons. The van der Waals surface area contributed by atoms with E-state index in [1.54, 1.807) is 12.3 Å². The molecule has 0 saturated carbocycles. The topological polar surface area (TPSA) is 25.4 Å². The molecule has 0 N–H and O–H groups in total. The first-order valence-corrected chi connectivity index (χ1v) is 6.35.